The van der Waals surface area contributed by atoms with Crippen LogP contribution in [0.2, 0.25) is 0 Å². The molecule has 22 heavy (non-hydrogen) atoms. The van der Waals surface area contributed by atoms with Gasteiger partial charge in [0.2, 0.25) is 5.91 Å². The van der Waals surface area contributed by atoms with Crippen LogP contribution in [0.4, 0.5) is 10.5 Å². The van der Waals surface area contributed by atoms with Crippen molar-refractivity contribution in [3.8, 4) is 0 Å². The minimum absolute atomic E-state index is 0.258. The smallest absolute Gasteiger partial charge is 0.326 e. The van der Waals surface area contributed by atoms with Crippen LogP contribution in [0.3, 0.4) is 0 Å². The molecule has 120 valence electrons. The third-order valence-corrected chi connectivity index (χ3v) is 3.00. The van der Waals surface area contributed by atoms with Gasteiger partial charge < -0.3 is 21.1 Å². The quantitative estimate of drug-likeness (QED) is 0.637. The number of para-hydroxylation sites is 1. The van der Waals surface area contributed by atoms with Gasteiger partial charge in [-0.05, 0) is 25.0 Å². The average molecular weight is 307 g/mol. The Balaban J connectivity index is 2.53. The van der Waals surface area contributed by atoms with Crippen LogP contribution in [0, 0.1) is 5.92 Å². The van der Waals surface area contributed by atoms with Gasteiger partial charge in [-0.1, -0.05) is 32.0 Å². The number of aliphatic carboxylic acids is 1. The second kappa shape index (κ2) is 8.02. The molecule has 0 spiro atoms. The van der Waals surface area contributed by atoms with E-state index in [1.54, 1.807) is 38.1 Å². The fourth-order valence-corrected chi connectivity index (χ4v) is 1.74. The molecule has 0 saturated carbocycles. The number of urea groups is 1. The summed E-state index contributed by atoms with van der Waals surface area (Å²) in [6.07, 6.45) is 0. The number of benzene rings is 1. The van der Waals surface area contributed by atoms with E-state index in [4.69, 9.17) is 5.11 Å². The monoisotopic (exact) mass is 307 g/mol. The molecule has 1 rings (SSSR count). The first kappa shape index (κ1) is 17.5. The van der Waals surface area contributed by atoms with E-state index in [0.29, 0.717) is 5.69 Å². The van der Waals surface area contributed by atoms with Crippen molar-refractivity contribution in [3.05, 3.63) is 30.3 Å². The number of carbonyl (C=O) groups excluding carboxylic acids is 2. The minimum atomic E-state index is -1.11. The first-order valence-corrected chi connectivity index (χ1v) is 6.97. The van der Waals surface area contributed by atoms with Crippen LogP contribution >= 0.6 is 0 Å². The van der Waals surface area contributed by atoms with Crippen molar-refractivity contribution in [1.82, 2.24) is 10.6 Å². The van der Waals surface area contributed by atoms with Crippen molar-refractivity contribution in [2.75, 3.05) is 5.32 Å². The highest BCUT2D eigenvalue weighted by molar-refractivity contribution is 5.94. The van der Waals surface area contributed by atoms with Gasteiger partial charge in [-0.2, -0.15) is 0 Å². The van der Waals surface area contributed by atoms with E-state index in [1.807, 2.05) is 6.07 Å². The van der Waals surface area contributed by atoms with Gasteiger partial charge in [-0.15, -0.1) is 0 Å². The molecular weight excluding hydrogens is 286 g/mol. The molecule has 7 nitrogen and oxygen atoms in total. The fourth-order valence-electron chi connectivity index (χ4n) is 1.74. The molecule has 2 atom stereocenters. The highest BCUT2D eigenvalue weighted by atomic mass is 16.4. The number of hydrogen-bond donors (Lipinski definition) is 4. The van der Waals surface area contributed by atoms with Gasteiger partial charge in [0.15, 0.2) is 0 Å². The summed E-state index contributed by atoms with van der Waals surface area (Å²) in [7, 11) is 0. The summed E-state index contributed by atoms with van der Waals surface area (Å²) in [6, 6.07) is 6.39. The van der Waals surface area contributed by atoms with Gasteiger partial charge in [0, 0.05) is 5.69 Å². The Morgan fingerprint density at radius 1 is 1.00 bits per heavy atom. The van der Waals surface area contributed by atoms with Crippen LogP contribution in [-0.4, -0.2) is 35.1 Å². The standard InChI is InChI=1S/C15H21N3O4/c1-9(2)12(14(20)21)18-13(19)10(3)16-15(22)17-11-7-5-4-6-8-11/h4-10,12H,1-3H3,(H,18,19)(H,20,21)(H2,16,17,22)/t10?,12-/m0/s1. The zero-order chi connectivity index (χ0) is 16.7. The van der Waals surface area contributed by atoms with Crippen molar-refractivity contribution < 1.29 is 19.5 Å². The Hall–Kier alpha value is -2.57. The van der Waals surface area contributed by atoms with Gasteiger partial charge in [0.05, 0.1) is 0 Å². The Kier molecular flexibility index (Phi) is 6.37. The molecule has 7 heteroatoms. The van der Waals surface area contributed by atoms with E-state index in [2.05, 4.69) is 16.0 Å². The van der Waals surface area contributed by atoms with Gasteiger partial charge in [0.25, 0.3) is 0 Å². The summed E-state index contributed by atoms with van der Waals surface area (Å²) in [6.45, 7) is 4.87. The number of hydrogen-bond acceptors (Lipinski definition) is 3. The number of carboxylic acids is 1. The molecule has 0 aromatic heterocycles. The summed E-state index contributed by atoms with van der Waals surface area (Å²) in [4.78, 5) is 34.7. The van der Waals surface area contributed by atoms with E-state index in [0.717, 1.165) is 0 Å². The summed E-state index contributed by atoms with van der Waals surface area (Å²) in [5, 5.41) is 16.5. The van der Waals surface area contributed by atoms with E-state index >= 15 is 0 Å². The second-order valence-corrected chi connectivity index (χ2v) is 5.25. The van der Waals surface area contributed by atoms with Gasteiger partial charge in [0.1, 0.15) is 12.1 Å². The topological polar surface area (TPSA) is 108 Å². The van der Waals surface area contributed by atoms with Crippen LogP contribution in [0.25, 0.3) is 0 Å². The third kappa shape index (κ3) is 5.43. The lowest BCUT2D eigenvalue weighted by atomic mass is 10.0. The Morgan fingerprint density at radius 2 is 1.59 bits per heavy atom. The van der Waals surface area contributed by atoms with Gasteiger partial charge in [-0.25, -0.2) is 9.59 Å². The molecule has 1 unspecified atom stereocenters. The Morgan fingerprint density at radius 3 is 2.09 bits per heavy atom. The van der Waals surface area contributed by atoms with E-state index in [-0.39, 0.29) is 5.92 Å². The summed E-state index contributed by atoms with van der Waals surface area (Å²) in [5.41, 5.74) is 0.596. The summed E-state index contributed by atoms with van der Waals surface area (Å²) >= 11 is 0. The number of rotatable bonds is 6. The number of anilines is 1. The lowest BCUT2D eigenvalue weighted by Crippen LogP contribution is -2.52. The predicted octanol–water partition coefficient (Wildman–Crippen LogP) is 1.42. The maximum Gasteiger partial charge on any atom is 0.326 e. The van der Waals surface area contributed by atoms with Crippen molar-refractivity contribution in [2.24, 2.45) is 5.92 Å². The molecule has 0 bridgehead atoms. The highest BCUT2D eigenvalue weighted by Crippen LogP contribution is 2.05. The molecule has 0 aliphatic rings. The molecule has 0 fully saturated rings. The Labute approximate surface area is 129 Å². The zero-order valence-electron chi connectivity index (χ0n) is 12.8. The lowest BCUT2D eigenvalue weighted by Gasteiger charge is -2.21. The van der Waals surface area contributed by atoms with Crippen LogP contribution in [0.1, 0.15) is 20.8 Å². The maximum absolute atomic E-state index is 11.9. The van der Waals surface area contributed by atoms with Crippen molar-refractivity contribution in [3.63, 3.8) is 0 Å². The van der Waals surface area contributed by atoms with Crippen LogP contribution in [0.5, 0.6) is 0 Å². The molecule has 0 saturated heterocycles. The van der Waals surface area contributed by atoms with Crippen molar-refractivity contribution in [1.29, 1.82) is 0 Å². The van der Waals surface area contributed by atoms with Crippen LogP contribution in [-0.2, 0) is 9.59 Å². The summed E-state index contributed by atoms with van der Waals surface area (Å²) in [5.74, 6) is -1.92. The lowest BCUT2D eigenvalue weighted by molar-refractivity contribution is -0.143. The molecule has 4 N–H and O–H groups in total. The normalized spacial score (nSPS) is 13.1. The molecule has 1 aromatic carbocycles. The molecule has 1 aromatic rings. The maximum atomic E-state index is 11.9. The molecule has 3 amide bonds. The molecule has 0 heterocycles. The van der Waals surface area contributed by atoms with Crippen molar-refractivity contribution >= 4 is 23.6 Å². The third-order valence-electron chi connectivity index (χ3n) is 3.00. The number of carbonyl (C=O) groups is 3. The van der Waals surface area contributed by atoms with Gasteiger partial charge in [-0.3, -0.25) is 4.79 Å². The predicted molar refractivity (Wildman–Crippen MR) is 82.5 cm³/mol. The first-order valence-electron chi connectivity index (χ1n) is 6.97. The summed E-state index contributed by atoms with van der Waals surface area (Å²) < 4.78 is 0. The molecule has 0 aliphatic carbocycles. The number of carboxylic acid groups (broad SMARTS) is 1. The van der Waals surface area contributed by atoms with Crippen LogP contribution in [0.15, 0.2) is 30.3 Å². The first-order chi connectivity index (χ1) is 10.3. The zero-order valence-corrected chi connectivity index (χ0v) is 12.8. The SMILES string of the molecule is CC(NC(=O)Nc1ccccc1)C(=O)N[C@H](C(=O)O)C(C)C. The second-order valence-electron chi connectivity index (χ2n) is 5.25. The van der Waals surface area contributed by atoms with E-state index in [1.165, 1.54) is 6.92 Å². The number of amides is 3. The van der Waals surface area contributed by atoms with Crippen molar-refractivity contribution in [2.45, 2.75) is 32.9 Å². The Bertz CT molecular complexity index is 531. The molecule has 0 radical (unpaired) electrons. The largest absolute Gasteiger partial charge is 0.480 e. The fraction of sp³-hybridized carbons (Fsp3) is 0.400. The number of nitrogens with one attached hydrogen (secondary N) is 3. The van der Waals surface area contributed by atoms with E-state index in [9.17, 15) is 14.4 Å². The molecule has 0 aliphatic heterocycles. The van der Waals surface area contributed by atoms with Crippen LogP contribution < -0.4 is 16.0 Å². The van der Waals surface area contributed by atoms with Gasteiger partial charge >= 0.3 is 12.0 Å². The minimum Gasteiger partial charge on any atom is -0.480 e. The van der Waals surface area contributed by atoms with E-state index < -0.39 is 30.0 Å². The highest BCUT2D eigenvalue weighted by Gasteiger charge is 2.26. The average Bonchev–Trinajstić information content (AvgIpc) is 2.44. The molecular formula is C15H21N3O4.